The molecule has 0 radical (unpaired) electrons. The van der Waals surface area contributed by atoms with Crippen LogP contribution in [-0.4, -0.2) is 29.9 Å². The van der Waals surface area contributed by atoms with Crippen LogP contribution in [0.4, 0.5) is 5.69 Å². The molecule has 0 aromatic heterocycles. The molecule has 0 heterocycles. The zero-order valence-corrected chi connectivity index (χ0v) is 13.6. The van der Waals surface area contributed by atoms with Gasteiger partial charge in [0.05, 0.1) is 0 Å². The third-order valence-electron chi connectivity index (χ3n) is 4.04. The Morgan fingerprint density at radius 3 is 2.62 bits per heavy atom. The molecule has 2 rings (SSSR count). The quantitative estimate of drug-likeness (QED) is 0.776. The summed E-state index contributed by atoms with van der Waals surface area (Å²) in [7, 11) is 0. The average molecular weight is 288 g/mol. The maximum absolute atomic E-state index is 12.8. The van der Waals surface area contributed by atoms with Crippen molar-refractivity contribution in [3.8, 4) is 0 Å². The Balaban J connectivity index is 2.09. The second-order valence-corrected chi connectivity index (χ2v) is 6.04. The monoisotopic (exact) mass is 288 g/mol. The molecular formula is C18H28N2O. The molecule has 116 valence electrons. The van der Waals surface area contributed by atoms with Gasteiger partial charge >= 0.3 is 0 Å². The first kappa shape index (κ1) is 15.9. The van der Waals surface area contributed by atoms with Crippen molar-refractivity contribution in [1.29, 1.82) is 0 Å². The molecule has 0 unspecified atom stereocenters. The van der Waals surface area contributed by atoms with Gasteiger partial charge in [-0.2, -0.15) is 0 Å². The van der Waals surface area contributed by atoms with Gasteiger partial charge in [0.2, 0.25) is 0 Å². The van der Waals surface area contributed by atoms with E-state index < -0.39 is 0 Å². The molecule has 0 aliphatic heterocycles. The zero-order chi connectivity index (χ0) is 15.2. The van der Waals surface area contributed by atoms with Crippen LogP contribution >= 0.6 is 0 Å². The van der Waals surface area contributed by atoms with Gasteiger partial charge in [0.1, 0.15) is 0 Å². The number of carbonyl (C=O) groups is 1. The highest BCUT2D eigenvalue weighted by atomic mass is 16.2. The van der Waals surface area contributed by atoms with E-state index in [0.717, 1.165) is 49.2 Å². The number of unbranched alkanes of at least 4 members (excludes halogenated alkanes) is 1. The van der Waals surface area contributed by atoms with Gasteiger partial charge in [-0.25, -0.2) is 0 Å². The van der Waals surface area contributed by atoms with Gasteiger partial charge in [0.15, 0.2) is 0 Å². The summed E-state index contributed by atoms with van der Waals surface area (Å²) in [5, 5.41) is 3.38. The summed E-state index contributed by atoms with van der Waals surface area (Å²) >= 11 is 0. The van der Waals surface area contributed by atoms with Crippen LogP contribution in [0.5, 0.6) is 0 Å². The van der Waals surface area contributed by atoms with E-state index in [1.165, 1.54) is 12.8 Å². The fourth-order valence-corrected chi connectivity index (χ4v) is 2.60. The minimum absolute atomic E-state index is 0.213. The van der Waals surface area contributed by atoms with Crippen molar-refractivity contribution in [3.05, 3.63) is 29.3 Å². The van der Waals surface area contributed by atoms with E-state index in [4.69, 9.17) is 0 Å². The van der Waals surface area contributed by atoms with Crippen molar-refractivity contribution in [2.75, 3.05) is 18.4 Å². The van der Waals surface area contributed by atoms with E-state index in [1.807, 2.05) is 19.1 Å². The van der Waals surface area contributed by atoms with Gasteiger partial charge in [-0.1, -0.05) is 20.3 Å². The second kappa shape index (κ2) is 7.48. The molecule has 0 spiro atoms. The van der Waals surface area contributed by atoms with Gasteiger partial charge < -0.3 is 10.2 Å². The second-order valence-electron chi connectivity index (χ2n) is 6.04. The number of hydrogen-bond donors (Lipinski definition) is 1. The van der Waals surface area contributed by atoms with Gasteiger partial charge in [0.25, 0.3) is 5.91 Å². The van der Waals surface area contributed by atoms with Crippen molar-refractivity contribution in [1.82, 2.24) is 4.90 Å². The van der Waals surface area contributed by atoms with Crippen LogP contribution in [0.1, 0.15) is 61.9 Å². The topological polar surface area (TPSA) is 32.3 Å². The van der Waals surface area contributed by atoms with E-state index in [0.29, 0.717) is 6.04 Å². The van der Waals surface area contributed by atoms with Crippen molar-refractivity contribution < 1.29 is 4.79 Å². The molecular weight excluding hydrogens is 260 g/mol. The van der Waals surface area contributed by atoms with E-state index in [-0.39, 0.29) is 5.91 Å². The summed E-state index contributed by atoms with van der Waals surface area (Å²) in [5.74, 6) is 0.213. The Kier molecular flexibility index (Phi) is 5.66. The maximum Gasteiger partial charge on any atom is 0.254 e. The number of rotatable bonds is 8. The predicted molar refractivity (Wildman–Crippen MR) is 88.9 cm³/mol. The molecule has 1 aliphatic rings. The molecule has 0 saturated heterocycles. The van der Waals surface area contributed by atoms with E-state index in [1.54, 1.807) is 0 Å². The number of benzene rings is 1. The normalized spacial score (nSPS) is 14.0. The first-order valence-electron chi connectivity index (χ1n) is 8.32. The Morgan fingerprint density at radius 1 is 1.29 bits per heavy atom. The molecule has 1 aromatic rings. The van der Waals surface area contributed by atoms with E-state index in [9.17, 15) is 4.79 Å². The summed E-state index contributed by atoms with van der Waals surface area (Å²) < 4.78 is 0. The molecule has 1 saturated carbocycles. The SMILES string of the molecule is CCCCN(C(=O)c1ccc(NCCC)cc1C)C1CC1. The number of amides is 1. The van der Waals surface area contributed by atoms with Crippen molar-refractivity contribution in [2.24, 2.45) is 0 Å². The molecule has 0 bridgehead atoms. The number of nitrogens with one attached hydrogen (secondary N) is 1. The molecule has 1 aliphatic carbocycles. The highest BCUT2D eigenvalue weighted by molar-refractivity contribution is 5.96. The fraction of sp³-hybridized carbons (Fsp3) is 0.611. The molecule has 1 amide bonds. The summed E-state index contributed by atoms with van der Waals surface area (Å²) in [6.45, 7) is 8.23. The number of nitrogens with zero attached hydrogens (tertiary/aromatic N) is 1. The third-order valence-corrected chi connectivity index (χ3v) is 4.04. The van der Waals surface area contributed by atoms with Crippen molar-refractivity contribution >= 4 is 11.6 Å². The summed E-state index contributed by atoms with van der Waals surface area (Å²) in [6, 6.07) is 6.59. The lowest BCUT2D eigenvalue weighted by Gasteiger charge is -2.23. The Hall–Kier alpha value is -1.51. The molecule has 1 fully saturated rings. The van der Waals surface area contributed by atoms with Gasteiger partial charge in [-0.15, -0.1) is 0 Å². The van der Waals surface area contributed by atoms with Crippen LogP contribution in [0.15, 0.2) is 18.2 Å². The highest BCUT2D eigenvalue weighted by Gasteiger charge is 2.32. The summed E-state index contributed by atoms with van der Waals surface area (Å²) in [6.07, 6.45) is 5.67. The van der Waals surface area contributed by atoms with Crippen molar-refractivity contribution in [3.63, 3.8) is 0 Å². The molecule has 0 atom stereocenters. The van der Waals surface area contributed by atoms with Crippen LogP contribution < -0.4 is 5.32 Å². The smallest absolute Gasteiger partial charge is 0.254 e. The largest absolute Gasteiger partial charge is 0.385 e. The van der Waals surface area contributed by atoms with Crippen molar-refractivity contribution in [2.45, 2.75) is 58.9 Å². The van der Waals surface area contributed by atoms with E-state index in [2.05, 4.69) is 30.1 Å². The number of carbonyl (C=O) groups excluding carboxylic acids is 1. The van der Waals surface area contributed by atoms with Gasteiger partial charge in [-0.3, -0.25) is 4.79 Å². The van der Waals surface area contributed by atoms with Crippen LogP contribution in [0.3, 0.4) is 0 Å². The van der Waals surface area contributed by atoms with Gasteiger partial charge in [-0.05, 0) is 56.4 Å². The Bertz CT molecular complexity index is 480. The van der Waals surface area contributed by atoms with Crippen LogP contribution in [0, 0.1) is 6.92 Å². The molecule has 1 N–H and O–H groups in total. The van der Waals surface area contributed by atoms with Crippen LogP contribution in [0.2, 0.25) is 0 Å². The standard InChI is InChI=1S/C18H28N2O/c1-4-6-12-20(16-8-9-16)18(21)17-10-7-15(13-14(17)3)19-11-5-2/h7,10,13,16,19H,4-6,8-9,11-12H2,1-3H3. The van der Waals surface area contributed by atoms with Crippen LogP contribution in [-0.2, 0) is 0 Å². The lowest BCUT2D eigenvalue weighted by Crippen LogP contribution is -2.34. The molecule has 1 aromatic carbocycles. The lowest BCUT2D eigenvalue weighted by molar-refractivity contribution is 0.0740. The summed E-state index contributed by atoms with van der Waals surface area (Å²) in [5.41, 5.74) is 3.04. The Labute approximate surface area is 128 Å². The lowest BCUT2D eigenvalue weighted by atomic mass is 10.1. The molecule has 3 nitrogen and oxygen atoms in total. The number of hydrogen-bond acceptors (Lipinski definition) is 2. The molecule has 3 heteroatoms. The number of aryl methyl sites for hydroxylation is 1. The third kappa shape index (κ3) is 4.23. The van der Waals surface area contributed by atoms with Crippen LogP contribution in [0.25, 0.3) is 0 Å². The fourth-order valence-electron chi connectivity index (χ4n) is 2.60. The predicted octanol–water partition coefficient (Wildman–Crippen LogP) is 4.22. The van der Waals surface area contributed by atoms with Gasteiger partial charge in [0, 0.05) is 30.4 Å². The Morgan fingerprint density at radius 2 is 2.05 bits per heavy atom. The molecule has 21 heavy (non-hydrogen) atoms. The first-order valence-corrected chi connectivity index (χ1v) is 8.32. The minimum Gasteiger partial charge on any atom is -0.385 e. The maximum atomic E-state index is 12.8. The average Bonchev–Trinajstić information content (AvgIpc) is 3.30. The summed E-state index contributed by atoms with van der Waals surface area (Å²) in [4.78, 5) is 14.9. The minimum atomic E-state index is 0.213. The highest BCUT2D eigenvalue weighted by Crippen LogP contribution is 2.29. The zero-order valence-electron chi connectivity index (χ0n) is 13.6. The first-order chi connectivity index (χ1) is 10.2. The number of anilines is 1. The van der Waals surface area contributed by atoms with E-state index >= 15 is 0 Å².